The van der Waals surface area contributed by atoms with Crippen LogP contribution < -0.4 is 16.8 Å². The van der Waals surface area contributed by atoms with Gasteiger partial charge in [0.25, 0.3) is 0 Å². The molecule has 0 spiro atoms. The number of nitrogens with one attached hydrogen (secondary N) is 1. The van der Waals surface area contributed by atoms with Gasteiger partial charge in [-0.3, -0.25) is 0 Å². The molecule has 1 atom stereocenters. The maximum absolute atomic E-state index is 5.77. The van der Waals surface area contributed by atoms with Gasteiger partial charge in [-0.25, -0.2) is 0 Å². The smallest absolute Gasteiger partial charge is 0.0785 e. The Morgan fingerprint density at radius 3 is 2.22 bits per heavy atom. The molecule has 0 aromatic carbocycles. The lowest BCUT2D eigenvalue weighted by atomic mass is 10.1. The zero-order chi connectivity index (χ0) is 7.33. The van der Waals surface area contributed by atoms with Crippen LogP contribution in [0.1, 0.15) is 19.8 Å². The first-order chi connectivity index (χ1) is 4.18. The van der Waals surface area contributed by atoms with E-state index in [0.717, 1.165) is 12.8 Å². The molecule has 9 heavy (non-hydrogen) atoms. The summed E-state index contributed by atoms with van der Waals surface area (Å²) in [4.78, 5) is 0. The summed E-state index contributed by atoms with van der Waals surface area (Å²) in [5, 5.41) is 2.98. The molecule has 0 rings (SSSR count). The highest BCUT2D eigenvalue weighted by molar-refractivity contribution is 4.79. The lowest BCUT2D eigenvalue weighted by molar-refractivity contribution is 0.342. The molecule has 0 aliphatic heterocycles. The van der Waals surface area contributed by atoms with Crippen LogP contribution in [0.3, 0.4) is 0 Å². The van der Waals surface area contributed by atoms with Gasteiger partial charge in [-0.2, -0.15) is 0 Å². The van der Waals surface area contributed by atoms with Crippen LogP contribution in [0.4, 0.5) is 0 Å². The number of likely N-dealkylation sites (N-methyl/N-ethyl adjacent to an activating group) is 1. The van der Waals surface area contributed by atoms with E-state index in [4.69, 9.17) is 11.5 Å². The SMILES string of the molecule is CCCC(N)(CN)NC. The van der Waals surface area contributed by atoms with Gasteiger partial charge in [-0.15, -0.1) is 0 Å². The Balaban J connectivity index is 3.62. The molecule has 56 valence electrons. The summed E-state index contributed by atoms with van der Waals surface area (Å²) in [6.45, 7) is 2.59. The number of nitrogens with two attached hydrogens (primary N) is 2. The maximum Gasteiger partial charge on any atom is 0.0785 e. The third kappa shape index (κ3) is 2.79. The van der Waals surface area contributed by atoms with Gasteiger partial charge in [0.15, 0.2) is 0 Å². The Morgan fingerprint density at radius 2 is 2.11 bits per heavy atom. The molecule has 0 aromatic heterocycles. The monoisotopic (exact) mass is 131 g/mol. The number of rotatable bonds is 4. The normalized spacial score (nSPS) is 17.3. The summed E-state index contributed by atoms with van der Waals surface area (Å²) in [5.41, 5.74) is 10.8. The molecule has 0 amide bonds. The molecule has 0 bridgehead atoms. The average molecular weight is 131 g/mol. The van der Waals surface area contributed by atoms with E-state index in [1.165, 1.54) is 0 Å². The second-order valence-electron chi connectivity index (χ2n) is 2.36. The molecule has 0 saturated heterocycles. The highest BCUT2D eigenvalue weighted by Gasteiger charge is 2.17. The highest BCUT2D eigenvalue weighted by Crippen LogP contribution is 2.01. The fraction of sp³-hybridized carbons (Fsp3) is 1.00. The maximum atomic E-state index is 5.77. The van der Waals surface area contributed by atoms with Crippen molar-refractivity contribution in [3.8, 4) is 0 Å². The molecule has 0 saturated carbocycles. The zero-order valence-electron chi connectivity index (χ0n) is 6.28. The molecule has 3 nitrogen and oxygen atoms in total. The second kappa shape index (κ2) is 3.82. The quantitative estimate of drug-likeness (QED) is 0.456. The van der Waals surface area contributed by atoms with Gasteiger partial charge in [0, 0.05) is 6.54 Å². The topological polar surface area (TPSA) is 64.1 Å². The van der Waals surface area contributed by atoms with Crippen LogP contribution in [0.5, 0.6) is 0 Å². The third-order valence-electron chi connectivity index (χ3n) is 1.56. The largest absolute Gasteiger partial charge is 0.328 e. The van der Waals surface area contributed by atoms with Crippen molar-refractivity contribution in [3.63, 3.8) is 0 Å². The summed E-state index contributed by atoms with van der Waals surface area (Å²) in [5.74, 6) is 0. The van der Waals surface area contributed by atoms with E-state index >= 15 is 0 Å². The van der Waals surface area contributed by atoms with Crippen molar-refractivity contribution >= 4 is 0 Å². The van der Waals surface area contributed by atoms with Crippen LogP contribution in [0.2, 0.25) is 0 Å². The van der Waals surface area contributed by atoms with Crippen molar-refractivity contribution in [1.82, 2.24) is 5.32 Å². The highest BCUT2D eigenvalue weighted by atomic mass is 15.1. The van der Waals surface area contributed by atoms with Crippen LogP contribution in [0.25, 0.3) is 0 Å². The Morgan fingerprint density at radius 1 is 1.56 bits per heavy atom. The van der Waals surface area contributed by atoms with Gasteiger partial charge >= 0.3 is 0 Å². The van der Waals surface area contributed by atoms with Gasteiger partial charge in [0.2, 0.25) is 0 Å². The van der Waals surface area contributed by atoms with Crippen molar-refractivity contribution in [1.29, 1.82) is 0 Å². The first-order valence-electron chi connectivity index (χ1n) is 3.36. The predicted molar refractivity (Wildman–Crippen MR) is 39.9 cm³/mol. The predicted octanol–water partition coefficient (Wildman–Crippen LogP) is -0.380. The summed E-state index contributed by atoms with van der Waals surface area (Å²) in [6.07, 6.45) is 1.99. The van der Waals surface area contributed by atoms with Gasteiger partial charge in [-0.05, 0) is 13.5 Å². The van der Waals surface area contributed by atoms with E-state index in [1.807, 2.05) is 7.05 Å². The van der Waals surface area contributed by atoms with Crippen LogP contribution in [-0.2, 0) is 0 Å². The Labute approximate surface area is 56.8 Å². The van der Waals surface area contributed by atoms with Gasteiger partial charge in [-0.1, -0.05) is 13.3 Å². The molecule has 3 heteroatoms. The number of hydrogen-bond acceptors (Lipinski definition) is 3. The fourth-order valence-electron chi connectivity index (χ4n) is 0.775. The second-order valence-corrected chi connectivity index (χ2v) is 2.36. The molecule has 5 N–H and O–H groups in total. The van der Waals surface area contributed by atoms with Crippen molar-refractivity contribution in [2.75, 3.05) is 13.6 Å². The van der Waals surface area contributed by atoms with Crippen LogP contribution in [-0.4, -0.2) is 19.3 Å². The lowest BCUT2D eigenvalue weighted by Gasteiger charge is -2.26. The van der Waals surface area contributed by atoms with E-state index in [0.29, 0.717) is 6.54 Å². The first kappa shape index (κ1) is 8.88. The minimum atomic E-state index is -0.339. The van der Waals surface area contributed by atoms with Crippen LogP contribution in [0.15, 0.2) is 0 Å². The molecule has 1 unspecified atom stereocenters. The van der Waals surface area contributed by atoms with E-state index in [1.54, 1.807) is 0 Å². The van der Waals surface area contributed by atoms with Crippen molar-refractivity contribution < 1.29 is 0 Å². The summed E-state index contributed by atoms with van der Waals surface area (Å²) >= 11 is 0. The molecule has 0 heterocycles. The minimum Gasteiger partial charge on any atom is -0.328 e. The molecule has 0 aromatic rings. The van der Waals surface area contributed by atoms with E-state index in [2.05, 4.69) is 12.2 Å². The van der Waals surface area contributed by atoms with Gasteiger partial charge < -0.3 is 16.8 Å². The molecule has 0 radical (unpaired) electrons. The summed E-state index contributed by atoms with van der Waals surface area (Å²) in [7, 11) is 1.84. The summed E-state index contributed by atoms with van der Waals surface area (Å²) in [6, 6.07) is 0. The van der Waals surface area contributed by atoms with Crippen molar-refractivity contribution in [3.05, 3.63) is 0 Å². The molecule has 0 aliphatic rings. The Bertz CT molecular complexity index is 68.7. The number of hydrogen-bond donors (Lipinski definition) is 3. The van der Waals surface area contributed by atoms with Crippen LogP contribution >= 0.6 is 0 Å². The van der Waals surface area contributed by atoms with E-state index in [-0.39, 0.29) is 5.66 Å². The van der Waals surface area contributed by atoms with Gasteiger partial charge in [0.1, 0.15) is 0 Å². The lowest BCUT2D eigenvalue weighted by Crippen LogP contribution is -2.57. The van der Waals surface area contributed by atoms with E-state index in [9.17, 15) is 0 Å². The fourth-order valence-corrected chi connectivity index (χ4v) is 0.775. The van der Waals surface area contributed by atoms with Crippen molar-refractivity contribution in [2.24, 2.45) is 11.5 Å². The summed E-state index contributed by atoms with van der Waals surface area (Å²) < 4.78 is 0. The molecular weight excluding hydrogens is 114 g/mol. The zero-order valence-corrected chi connectivity index (χ0v) is 6.28. The van der Waals surface area contributed by atoms with Crippen LogP contribution in [0, 0.1) is 0 Å². The first-order valence-corrected chi connectivity index (χ1v) is 3.36. The average Bonchev–Trinajstić information content (AvgIpc) is 1.89. The molecular formula is C6H17N3. The minimum absolute atomic E-state index is 0.339. The Kier molecular flexibility index (Phi) is 3.77. The molecule has 0 fully saturated rings. The third-order valence-corrected chi connectivity index (χ3v) is 1.56. The Hall–Kier alpha value is -0.120. The molecule has 0 aliphatic carbocycles. The van der Waals surface area contributed by atoms with E-state index < -0.39 is 0 Å². The van der Waals surface area contributed by atoms with Crippen molar-refractivity contribution in [2.45, 2.75) is 25.4 Å². The standard InChI is InChI=1S/C6H17N3/c1-3-4-6(8,5-7)9-2/h9H,3-5,7-8H2,1-2H3. The van der Waals surface area contributed by atoms with Gasteiger partial charge in [0.05, 0.1) is 5.66 Å².